The number of nitrogens with zero attached hydrogens (tertiary/aromatic N) is 6. The van der Waals surface area contributed by atoms with Crippen LogP contribution in [0.25, 0.3) is 5.69 Å². The largest absolute Gasteiger partial charge is 0.352 e. The first-order valence-corrected chi connectivity index (χ1v) is 10.6. The summed E-state index contributed by atoms with van der Waals surface area (Å²) in [5, 5.41) is 14.5. The van der Waals surface area contributed by atoms with Crippen LogP contribution in [0.4, 0.5) is 5.82 Å². The zero-order valence-corrected chi connectivity index (χ0v) is 18.3. The Kier molecular flexibility index (Phi) is 5.92. The molecule has 8 heteroatoms. The first-order chi connectivity index (χ1) is 15.0. The Bertz CT molecular complexity index is 1140. The average molecular weight is 435 g/mol. The molecule has 2 aromatic heterocycles. The summed E-state index contributed by atoms with van der Waals surface area (Å²) in [6.07, 6.45) is 3.34. The van der Waals surface area contributed by atoms with Crippen molar-refractivity contribution >= 4 is 23.3 Å². The number of nitriles is 1. The highest BCUT2D eigenvalue weighted by atomic mass is 35.5. The van der Waals surface area contributed by atoms with Crippen LogP contribution >= 0.6 is 11.6 Å². The molecule has 7 nitrogen and oxygen atoms in total. The predicted molar refractivity (Wildman–Crippen MR) is 120 cm³/mol. The van der Waals surface area contributed by atoms with E-state index in [0.717, 1.165) is 11.4 Å². The summed E-state index contributed by atoms with van der Waals surface area (Å²) in [5.74, 6) is 0.750. The number of carbonyl (C=O) groups is 1. The summed E-state index contributed by atoms with van der Waals surface area (Å²) in [5.41, 5.74) is 2.86. The van der Waals surface area contributed by atoms with Gasteiger partial charge in [0.1, 0.15) is 11.9 Å². The average Bonchev–Trinajstić information content (AvgIpc) is 3.24. The van der Waals surface area contributed by atoms with Crippen LogP contribution in [0.1, 0.15) is 41.4 Å². The van der Waals surface area contributed by atoms with Crippen molar-refractivity contribution in [3.8, 4) is 11.8 Å². The Morgan fingerprint density at radius 2 is 1.94 bits per heavy atom. The van der Waals surface area contributed by atoms with E-state index in [-0.39, 0.29) is 11.8 Å². The summed E-state index contributed by atoms with van der Waals surface area (Å²) in [6, 6.07) is 13.2. The van der Waals surface area contributed by atoms with Crippen LogP contribution in [-0.4, -0.2) is 51.8 Å². The van der Waals surface area contributed by atoms with Gasteiger partial charge in [0.2, 0.25) is 0 Å². The molecule has 3 aromatic rings. The molecule has 0 bridgehead atoms. The van der Waals surface area contributed by atoms with Crippen molar-refractivity contribution in [3.05, 3.63) is 70.6 Å². The van der Waals surface area contributed by atoms with Gasteiger partial charge in [0.15, 0.2) is 0 Å². The minimum absolute atomic E-state index is 0.0295. The third-order valence-corrected chi connectivity index (χ3v) is 5.65. The summed E-state index contributed by atoms with van der Waals surface area (Å²) >= 11 is 6.16. The molecule has 3 heterocycles. The lowest BCUT2D eigenvalue weighted by Gasteiger charge is -2.35. The number of rotatable bonds is 4. The van der Waals surface area contributed by atoms with Gasteiger partial charge in [0.25, 0.3) is 5.91 Å². The van der Waals surface area contributed by atoms with E-state index < -0.39 is 0 Å². The molecule has 1 aliphatic heterocycles. The second-order valence-corrected chi connectivity index (χ2v) is 8.19. The lowest BCUT2D eigenvalue weighted by Crippen LogP contribution is -2.49. The number of amides is 1. The Morgan fingerprint density at radius 1 is 1.16 bits per heavy atom. The van der Waals surface area contributed by atoms with E-state index in [2.05, 4.69) is 34.9 Å². The first-order valence-electron chi connectivity index (χ1n) is 10.2. The fourth-order valence-corrected chi connectivity index (χ4v) is 4.10. The molecule has 4 rings (SSSR count). The Morgan fingerprint density at radius 3 is 2.61 bits per heavy atom. The Labute approximate surface area is 186 Å². The van der Waals surface area contributed by atoms with E-state index in [9.17, 15) is 10.1 Å². The second-order valence-electron chi connectivity index (χ2n) is 7.76. The Balaban J connectivity index is 1.55. The molecule has 1 aromatic carbocycles. The number of carbonyl (C=O) groups excluding carboxylic acids is 1. The molecule has 1 saturated heterocycles. The lowest BCUT2D eigenvalue weighted by atomic mass is 10.0. The smallest absolute Gasteiger partial charge is 0.257 e. The zero-order valence-electron chi connectivity index (χ0n) is 17.5. The van der Waals surface area contributed by atoms with Crippen molar-refractivity contribution < 1.29 is 4.79 Å². The van der Waals surface area contributed by atoms with Gasteiger partial charge in [0, 0.05) is 37.4 Å². The minimum atomic E-state index is -0.0295. The van der Waals surface area contributed by atoms with E-state index in [1.807, 2.05) is 29.2 Å². The van der Waals surface area contributed by atoms with Crippen molar-refractivity contribution in [2.24, 2.45) is 0 Å². The normalized spacial score (nSPS) is 14.0. The third-order valence-electron chi connectivity index (χ3n) is 5.41. The van der Waals surface area contributed by atoms with Gasteiger partial charge in [-0.15, -0.1) is 0 Å². The van der Waals surface area contributed by atoms with E-state index in [1.165, 1.54) is 0 Å². The van der Waals surface area contributed by atoms with Gasteiger partial charge in [-0.1, -0.05) is 31.5 Å². The highest BCUT2D eigenvalue weighted by Crippen LogP contribution is 2.26. The van der Waals surface area contributed by atoms with Gasteiger partial charge < -0.3 is 9.80 Å². The monoisotopic (exact) mass is 434 g/mol. The fraction of sp³-hybridized carbons (Fsp3) is 0.304. The lowest BCUT2D eigenvalue weighted by molar-refractivity contribution is 0.0745. The van der Waals surface area contributed by atoms with Gasteiger partial charge in [0.05, 0.1) is 28.7 Å². The molecule has 0 aliphatic carbocycles. The second kappa shape index (κ2) is 8.78. The maximum atomic E-state index is 13.4. The van der Waals surface area contributed by atoms with Crippen LogP contribution < -0.4 is 4.90 Å². The zero-order chi connectivity index (χ0) is 22.0. The predicted octanol–water partition coefficient (Wildman–Crippen LogP) is 3.88. The number of piperazine rings is 1. The summed E-state index contributed by atoms with van der Waals surface area (Å²) < 4.78 is 1.80. The molecule has 1 aliphatic rings. The first kappa shape index (κ1) is 20.9. The molecule has 0 saturated carbocycles. The number of anilines is 1. The SMILES string of the molecule is CC(C)c1c(C(=O)N2CCN(c3ncccc3C#N)CC2)cnn1-c1cccc(Cl)c1. The molecule has 158 valence electrons. The number of benzene rings is 1. The topological polar surface area (TPSA) is 78.1 Å². The van der Waals surface area contributed by atoms with E-state index in [1.54, 1.807) is 29.2 Å². The summed E-state index contributed by atoms with van der Waals surface area (Å²) in [4.78, 5) is 21.6. The van der Waals surface area contributed by atoms with Gasteiger partial charge in [-0.2, -0.15) is 10.4 Å². The van der Waals surface area contributed by atoms with Gasteiger partial charge in [-0.05, 0) is 36.2 Å². The van der Waals surface area contributed by atoms with Gasteiger partial charge >= 0.3 is 0 Å². The molecular formula is C23H23ClN6O. The standard InChI is InChI=1S/C23H23ClN6O/c1-16(2)21-20(15-27-30(21)19-7-3-6-18(24)13-19)23(31)29-11-9-28(10-12-29)22-17(14-25)5-4-8-26-22/h3-8,13,15-16H,9-12H2,1-2H3. The minimum Gasteiger partial charge on any atom is -0.352 e. The molecule has 1 fully saturated rings. The summed E-state index contributed by atoms with van der Waals surface area (Å²) in [6.45, 7) is 6.46. The van der Waals surface area contributed by atoms with Crippen molar-refractivity contribution in [1.82, 2.24) is 19.7 Å². The molecule has 1 amide bonds. The maximum Gasteiger partial charge on any atom is 0.257 e. The van der Waals surface area contributed by atoms with Crippen molar-refractivity contribution in [2.75, 3.05) is 31.1 Å². The van der Waals surface area contributed by atoms with Crippen LogP contribution in [0.5, 0.6) is 0 Å². The number of aromatic nitrogens is 3. The van der Waals surface area contributed by atoms with Crippen molar-refractivity contribution in [2.45, 2.75) is 19.8 Å². The van der Waals surface area contributed by atoms with Crippen LogP contribution in [0.15, 0.2) is 48.8 Å². The molecule has 0 unspecified atom stereocenters. The number of hydrogen-bond acceptors (Lipinski definition) is 5. The van der Waals surface area contributed by atoms with E-state index >= 15 is 0 Å². The van der Waals surface area contributed by atoms with Crippen molar-refractivity contribution in [3.63, 3.8) is 0 Å². The number of pyridine rings is 1. The maximum absolute atomic E-state index is 13.4. The van der Waals surface area contributed by atoms with Crippen molar-refractivity contribution in [1.29, 1.82) is 5.26 Å². The molecule has 31 heavy (non-hydrogen) atoms. The quantitative estimate of drug-likeness (QED) is 0.622. The van der Waals surface area contributed by atoms with Crippen LogP contribution in [0.2, 0.25) is 5.02 Å². The van der Waals surface area contributed by atoms with Gasteiger partial charge in [-0.25, -0.2) is 9.67 Å². The van der Waals surface area contributed by atoms with Crippen LogP contribution in [0, 0.1) is 11.3 Å². The molecule has 0 N–H and O–H groups in total. The van der Waals surface area contributed by atoms with Crippen LogP contribution in [0.3, 0.4) is 0 Å². The highest BCUT2D eigenvalue weighted by molar-refractivity contribution is 6.30. The van der Waals surface area contributed by atoms with Crippen LogP contribution in [-0.2, 0) is 0 Å². The summed E-state index contributed by atoms with van der Waals surface area (Å²) in [7, 11) is 0. The molecular weight excluding hydrogens is 412 g/mol. The Hall–Kier alpha value is -3.37. The highest BCUT2D eigenvalue weighted by Gasteiger charge is 2.28. The third kappa shape index (κ3) is 4.12. The van der Waals surface area contributed by atoms with Gasteiger partial charge in [-0.3, -0.25) is 4.79 Å². The number of halogens is 1. The van der Waals surface area contributed by atoms with E-state index in [0.29, 0.717) is 48.1 Å². The molecule has 0 spiro atoms. The van der Waals surface area contributed by atoms with E-state index in [4.69, 9.17) is 11.6 Å². The number of hydrogen-bond donors (Lipinski definition) is 0. The fourth-order valence-electron chi connectivity index (χ4n) is 3.92. The molecule has 0 atom stereocenters. The molecule has 0 radical (unpaired) electrons.